The van der Waals surface area contributed by atoms with Crippen LogP contribution >= 0.6 is 11.3 Å². The zero-order valence-corrected chi connectivity index (χ0v) is 19.9. The molecule has 0 saturated heterocycles. The molecule has 176 valence electrons. The minimum atomic E-state index is -0.405. The molecule has 2 heterocycles. The van der Waals surface area contributed by atoms with Gasteiger partial charge in [-0.1, -0.05) is 6.07 Å². The van der Waals surface area contributed by atoms with Crippen LogP contribution in [0, 0.1) is 0 Å². The van der Waals surface area contributed by atoms with Crippen LogP contribution in [0.1, 0.15) is 0 Å². The van der Waals surface area contributed by atoms with Crippen LogP contribution in [-0.4, -0.2) is 43.9 Å². The Bertz CT molecular complexity index is 1410. The van der Waals surface area contributed by atoms with Crippen molar-refractivity contribution < 1.29 is 23.7 Å². The number of benzene rings is 2. The third-order valence-corrected chi connectivity index (χ3v) is 6.14. The van der Waals surface area contributed by atoms with Crippen molar-refractivity contribution in [1.29, 1.82) is 0 Å². The molecule has 4 aromatic rings. The van der Waals surface area contributed by atoms with Crippen LogP contribution in [0.15, 0.2) is 52.9 Å². The highest BCUT2D eigenvalue weighted by molar-refractivity contribution is 7.17. The smallest absolute Gasteiger partial charge is 0.263 e. The van der Waals surface area contributed by atoms with E-state index in [0.29, 0.717) is 44.5 Å². The number of methoxy groups -OCH3 is 4. The first kappa shape index (κ1) is 23.1. The van der Waals surface area contributed by atoms with Crippen molar-refractivity contribution in [2.75, 3.05) is 33.8 Å². The number of rotatable bonds is 8. The third kappa shape index (κ3) is 4.40. The molecular formula is C24H23N3O6S. The Labute approximate surface area is 199 Å². The quantitative estimate of drug-likeness (QED) is 0.409. The van der Waals surface area contributed by atoms with Gasteiger partial charge in [-0.2, -0.15) is 0 Å². The van der Waals surface area contributed by atoms with Gasteiger partial charge < -0.3 is 24.3 Å². The first-order valence-electron chi connectivity index (χ1n) is 10.2. The molecule has 34 heavy (non-hydrogen) atoms. The first-order valence-corrected chi connectivity index (χ1v) is 11.1. The molecule has 0 unspecified atom stereocenters. The number of anilines is 1. The lowest BCUT2D eigenvalue weighted by molar-refractivity contribution is -0.116. The number of nitrogens with zero attached hydrogens (tertiary/aromatic N) is 2. The Morgan fingerprint density at radius 3 is 2.41 bits per heavy atom. The lowest BCUT2D eigenvalue weighted by Crippen LogP contribution is -2.28. The summed E-state index contributed by atoms with van der Waals surface area (Å²) in [5, 5.41) is 5.07. The molecule has 0 spiro atoms. The molecule has 0 saturated carbocycles. The highest BCUT2D eigenvalue weighted by atomic mass is 32.1. The van der Waals surface area contributed by atoms with E-state index in [0.717, 1.165) is 5.56 Å². The average Bonchev–Trinajstić information content (AvgIpc) is 3.30. The van der Waals surface area contributed by atoms with Crippen LogP contribution in [0.2, 0.25) is 0 Å². The second kappa shape index (κ2) is 9.84. The predicted octanol–water partition coefficient (Wildman–Crippen LogP) is 3.80. The summed E-state index contributed by atoms with van der Waals surface area (Å²) in [5.74, 6) is 1.77. The number of ether oxygens (including phenoxy) is 4. The molecule has 0 bridgehead atoms. The van der Waals surface area contributed by atoms with Gasteiger partial charge in [-0.3, -0.25) is 14.2 Å². The van der Waals surface area contributed by atoms with Crippen molar-refractivity contribution in [3.8, 4) is 34.1 Å². The molecule has 0 aliphatic rings. The summed E-state index contributed by atoms with van der Waals surface area (Å²) in [6.45, 7) is -0.219. The van der Waals surface area contributed by atoms with Gasteiger partial charge in [-0.05, 0) is 29.8 Å². The molecule has 1 amide bonds. The van der Waals surface area contributed by atoms with Gasteiger partial charge in [-0.25, -0.2) is 4.98 Å². The Morgan fingerprint density at radius 2 is 1.71 bits per heavy atom. The SMILES string of the molecule is COc1ccc(OC)c(NC(=O)Cn2cnc3scc(-c4ccc(OC)c(OC)c4)c3c2=O)c1. The largest absolute Gasteiger partial charge is 0.497 e. The summed E-state index contributed by atoms with van der Waals surface area (Å²) < 4.78 is 22.5. The van der Waals surface area contributed by atoms with Gasteiger partial charge in [0.1, 0.15) is 22.9 Å². The van der Waals surface area contributed by atoms with Crippen LogP contribution in [0.25, 0.3) is 21.3 Å². The monoisotopic (exact) mass is 481 g/mol. The molecule has 2 aromatic carbocycles. The van der Waals surface area contributed by atoms with E-state index in [1.807, 2.05) is 11.4 Å². The second-order valence-electron chi connectivity index (χ2n) is 7.19. The molecule has 0 radical (unpaired) electrons. The van der Waals surface area contributed by atoms with E-state index >= 15 is 0 Å². The summed E-state index contributed by atoms with van der Waals surface area (Å²) in [5.41, 5.74) is 1.62. The van der Waals surface area contributed by atoms with Gasteiger partial charge in [0.15, 0.2) is 11.5 Å². The molecule has 0 atom stereocenters. The fraction of sp³-hybridized carbons (Fsp3) is 0.208. The van der Waals surface area contributed by atoms with Crippen LogP contribution in [-0.2, 0) is 11.3 Å². The van der Waals surface area contributed by atoms with Crippen molar-refractivity contribution in [2.24, 2.45) is 0 Å². The lowest BCUT2D eigenvalue weighted by Gasteiger charge is -2.12. The van der Waals surface area contributed by atoms with Gasteiger partial charge in [0, 0.05) is 17.0 Å². The molecule has 0 aliphatic carbocycles. The van der Waals surface area contributed by atoms with Crippen LogP contribution < -0.4 is 29.8 Å². The number of carbonyl (C=O) groups is 1. The summed E-state index contributed by atoms with van der Waals surface area (Å²) in [6.07, 6.45) is 1.38. The minimum Gasteiger partial charge on any atom is -0.497 e. The molecule has 0 fully saturated rings. The molecule has 1 N–H and O–H groups in total. The van der Waals surface area contributed by atoms with Gasteiger partial charge in [0.2, 0.25) is 5.91 Å². The fourth-order valence-electron chi connectivity index (χ4n) is 3.55. The van der Waals surface area contributed by atoms with E-state index in [4.69, 9.17) is 18.9 Å². The lowest BCUT2D eigenvalue weighted by atomic mass is 10.1. The van der Waals surface area contributed by atoms with Gasteiger partial charge in [0.25, 0.3) is 5.56 Å². The van der Waals surface area contributed by atoms with Gasteiger partial charge in [-0.15, -0.1) is 11.3 Å². The summed E-state index contributed by atoms with van der Waals surface area (Å²) in [7, 11) is 6.15. The van der Waals surface area contributed by atoms with Crippen LogP contribution in [0.3, 0.4) is 0 Å². The van der Waals surface area contributed by atoms with Crippen molar-refractivity contribution in [3.63, 3.8) is 0 Å². The molecule has 2 aromatic heterocycles. The zero-order valence-electron chi connectivity index (χ0n) is 19.1. The van der Waals surface area contributed by atoms with E-state index in [9.17, 15) is 9.59 Å². The number of fused-ring (bicyclic) bond motifs is 1. The normalized spacial score (nSPS) is 10.7. The van der Waals surface area contributed by atoms with E-state index in [-0.39, 0.29) is 12.1 Å². The maximum Gasteiger partial charge on any atom is 0.263 e. The number of hydrogen-bond acceptors (Lipinski definition) is 8. The molecule has 10 heteroatoms. The molecule has 0 aliphatic heterocycles. The number of hydrogen-bond donors (Lipinski definition) is 1. The van der Waals surface area contributed by atoms with Gasteiger partial charge >= 0.3 is 0 Å². The maximum atomic E-state index is 13.3. The van der Waals surface area contributed by atoms with E-state index in [1.165, 1.54) is 36.5 Å². The van der Waals surface area contributed by atoms with Gasteiger partial charge in [0.05, 0.1) is 45.8 Å². The van der Waals surface area contributed by atoms with Crippen LogP contribution in [0.4, 0.5) is 5.69 Å². The average molecular weight is 482 g/mol. The van der Waals surface area contributed by atoms with Crippen molar-refractivity contribution in [3.05, 3.63) is 58.5 Å². The zero-order chi connectivity index (χ0) is 24.2. The Hall–Kier alpha value is -4.05. The number of aromatic nitrogens is 2. The highest BCUT2D eigenvalue weighted by Gasteiger charge is 2.17. The Balaban J connectivity index is 1.66. The Morgan fingerprint density at radius 1 is 0.971 bits per heavy atom. The minimum absolute atomic E-state index is 0.219. The van der Waals surface area contributed by atoms with Crippen LogP contribution in [0.5, 0.6) is 23.0 Å². The second-order valence-corrected chi connectivity index (χ2v) is 8.05. The van der Waals surface area contributed by atoms with Crippen molar-refractivity contribution >= 4 is 33.1 Å². The van der Waals surface area contributed by atoms with Crippen molar-refractivity contribution in [2.45, 2.75) is 6.54 Å². The standard InChI is InChI=1S/C24H23N3O6S/c1-30-15-6-8-18(31-2)17(10-15)26-21(28)11-27-13-25-23-22(24(27)29)16(12-34-23)14-5-7-19(32-3)20(9-14)33-4/h5-10,12-13H,11H2,1-4H3,(H,26,28). The number of carbonyl (C=O) groups excluding carboxylic acids is 1. The van der Waals surface area contributed by atoms with E-state index in [2.05, 4.69) is 10.3 Å². The van der Waals surface area contributed by atoms with Crippen molar-refractivity contribution in [1.82, 2.24) is 9.55 Å². The number of nitrogens with one attached hydrogen (secondary N) is 1. The fourth-order valence-corrected chi connectivity index (χ4v) is 4.46. The summed E-state index contributed by atoms with van der Waals surface area (Å²) >= 11 is 1.36. The highest BCUT2D eigenvalue weighted by Crippen LogP contribution is 2.36. The molecule has 4 rings (SSSR count). The third-order valence-electron chi connectivity index (χ3n) is 5.25. The summed E-state index contributed by atoms with van der Waals surface area (Å²) in [4.78, 5) is 31.1. The topological polar surface area (TPSA) is 101 Å². The number of thiophene rings is 1. The summed E-state index contributed by atoms with van der Waals surface area (Å²) in [6, 6.07) is 10.5. The predicted molar refractivity (Wildman–Crippen MR) is 131 cm³/mol. The van der Waals surface area contributed by atoms with E-state index in [1.54, 1.807) is 44.6 Å². The van der Waals surface area contributed by atoms with E-state index < -0.39 is 5.91 Å². The Kier molecular flexibility index (Phi) is 6.69. The first-order chi connectivity index (χ1) is 16.5. The molecule has 9 nitrogen and oxygen atoms in total. The maximum absolute atomic E-state index is 13.3. The number of amides is 1. The molecular weight excluding hydrogens is 458 g/mol.